The molecular formula is C24H23BrFN3O3S2. The van der Waals surface area contributed by atoms with Crippen molar-refractivity contribution in [2.45, 2.75) is 24.3 Å². The fraction of sp³-hybridized carbons (Fsp3) is 0.208. The number of hydrogen-bond acceptors (Lipinski definition) is 5. The Bertz CT molecular complexity index is 1410. The molecule has 0 aliphatic carbocycles. The molecule has 1 aliphatic rings. The van der Waals surface area contributed by atoms with Crippen molar-refractivity contribution in [3.63, 3.8) is 0 Å². The maximum atomic E-state index is 13.3. The number of furan rings is 1. The predicted molar refractivity (Wildman–Crippen MR) is 135 cm³/mol. The summed E-state index contributed by atoms with van der Waals surface area (Å²) in [7, 11) is -3.46. The molecule has 1 saturated heterocycles. The van der Waals surface area contributed by atoms with Gasteiger partial charge >= 0.3 is 0 Å². The maximum Gasteiger partial charge on any atom is 0.243 e. The Morgan fingerprint density at radius 3 is 2.35 bits per heavy atom. The largest absolute Gasteiger partial charge is 0.467 e. The molecule has 0 radical (unpaired) electrons. The molecule has 5 rings (SSSR count). The lowest BCUT2D eigenvalue weighted by Crippen LogP contribution is -2.27. The van der Waals surface area contributed by atoms with Crippen LogP contribution in [0.5, 0.6) is 0 Å². The van der Waals surface area contributed by atoms with Crippen LogP contribution in [0.15, 0.2) is 86.6 Å². The molecule has 4 aromatic rings. The third-order valence-electron chi connectivity index (χ3n) is 5.60. The Labute approximate surface area is 211 Å². The Balaban J connectivity index is 0.00000274. The third kappa shape index (κ3) is 5.10. The number of hydrogen-bond donors (Lipinski definition) is 0. The highest BCUT2D eigenvalue weighted by molar-refractivity contribution is 8.93. The van der Waals surface area contributed by atoms with Crippen LogP contribution in [-0.2, 0) is 16.6 Å². The minimum absolute atomic E-state index is 0. The van der Waals surface area contributed by atoms with Crippen LogP contribution < -0.4 is 4.80 Å². The average Bonchev–Trinajstić information content (AvgIpc) is 3.59. The van der Waals surface area contributed by atoms with E-state index in [4.69, 9.17) is 4.42 Å². The van der Waals surface area contributed by atoms with Crippen molar-refractivity contribution >= 4 is 44.0 Å². The van der Waals surface area contributed by atoms with Crippen molar-refractivity contribution in [2.75, 3.05) is 13.1 Å². The van der Waals surface area contributed by atoms with Crippen LogP contribution in [0.3, 0.4) is 0 Å². The van der Waals surface area contributed by atoms with Gasteiger partial charge in [0.05, 0.1) is 29.1 Å². The molecule has 2 aromatic carbocycles. The summed E-state index contributed by atoms with van der Waals surface area (Å²) >= 11 is 1.46. The first-order chi connectivity index (χ1) is 16.0. The van der Waals surface area contributed by atoms with Crippen molar-refractivity contribution in [3.8, 4) is 11.3 Å². The molecule has 10 heteroatoms. The van der Waals surface area contributed by atoms with E-state index in [9.17, 15) is 12.8 Å². The second kappa shape index (κ2) is 10.4. The van der Waals surface area contributed by atoms with E-state index in [0.717, 1.165) is 34.7 Å². The zero-order valence-corrected chi connectivity index (χ0v) is 21.5. The van der Waals surface area contributed by atoms with Crippen LogP contribution in [0.4, 0.5) is 10.1 Å². The van der Waals surface area contributed by atoms with Crippen LogP contribution >= 0.6 is 28.3 Å². The number of thiazole rings is 1. The smallest absolute Gasteiger partial charge is 0.243 e. The average molecular weight is 565 g/mol. The Hall–Kier alpha value is -2.53. The summed E-state index contributed by atoms with van der Waals surface area (Å²) in [6, 6.07) is 16.7. The van der Waals surface area contributed by atoms with Crippen molar-refractivity contribution in [1.82, 2.24) is 8.87 Å². The molecule has 1 fully saturated rings. The second-order valence-corrected chi connectivity index (χ2v) is 10.6. The Morgan fingerprint density at radius 1 is 1.00 bits per heavy atom. The Kier molecular flexibility index (Phi) is 7.51. The zero-order valence-electron chi connectivity index (χ0n) is 18.1. The SMILES string of the molecule is Br.O=S(=O)(c1ccc(-c2csc(=Nc3ccc(F)cc3)n2Cc2ccco2)cc1)N1CCCC1. The minimum Gasteiger partial charge on any atom is -0.467 e. The van der Waals surface area contributed by atoms with Gasteiger partial charge in [0.1, 0.15) is 11.6 Å². The molecule has 0 N–H and O–H groups in total. The second-order valence-electron chi connectivity index (χ2n) is 7.79. The number of halogens is 2. The van der Waals surface area contributed by atoms with Gasteiger partial charge in [-0.3, -0.25) is 0 Å². The van der Waals surface area contributed by atoms with E-state index in [1.54, 1.807) is 34.8 Å². The molecule has 0 bridgehead atoms. The van der Waals surface area contributed by atoms with E-state index in [1.165, 1.54) is 23.5 Å². The molecule has 0 amide bonds. The van der Waals surface area contributed by atoms with Gasteiger partial charge in [-0.25, -0.2) is 17.8 Å². The van der Waals surface area contributed by atoms with Gasteiger partial charge in [-0.1, -0.05) is 12.1 Å². The summed E-state index contributed by atoms with van der Waals surface area (Å²) in [6.45, 7) is 1.61. The van der Waals surface area contributed by atoms with Gasteiger partial charge in [-0.2, -0.15) is 4.31 Å². The van der Waals surface area contributed by atoms with Crippen LogP contribution in [0.2, 0.25) is 0 Å². The van der Waals surface area contributed by atoms with Crippen molar-refractivity contribution in [3.05, 3.63) is 88.7 Å². The maximum absolute atomic E-state index is 13.3. The molecule has 0 spiro atoms. The topological polar surface area (TPSA) is 67.8 Å². The molecule has 0 saturated carbocycles. The summed E-state index contributed by atoms with van der Waals surface area (Å²) in [5.41, 5.74) is 2.41. The standard InChI is InChI=1S/C24H22FN3O3S2.BrH/c25-19-7-9-20(10-8-19)26-24-28(16-21-4-3-15-31-21)23(17-32-24)18-5-11-22(12-6-18)33(29,30)27-13-1-2-14-27;/h3-12,15,17H,1-2,13-14,16H2;1H. The van der Waals surface area contributed by atoms with Crippen LogP contribution in [0, 0.1) is 5.82 Å². The van der Waals surface area contributed by atoms with Crippen molar-refractivity contribution in [1.29, 1.82) is 0 Å². The molecule has 2 aromatic heterocycles. The van der Waals surface area contributed by atoms with E-state index < -0.39 is 10.0 Å². The summed E-state index contributed by atoms with van der Waals surface area (Å²) in [6.07, 6.45) is 3.43. The van der Waals surface area contributed by atoms with Gasteiger partial charge in [0.15, 0.2) is 4.80 Å². The highest BCUT2D eigenvalue weighted by Gasteiger charge is 2.27. The van der Waals surface area contributed by atoms with Gasteiger partial charge in [0.25, 0.3) is 0 Å². The van der Waals surface area contributed by atoms with E-state index in [0.29, 0.717) is 30.2 Å². The first-order valence-corrected chi connectivity index (χ1v) is 12.9. The zero-order chi connectivity index (χ0) is 22.8. The number of aromatic nitrogens is 1. The molecule has 6 nitrogen and oxygen atoms in total. The molecular weight excluding hydrogens is 541 g/mol. The minimum atomic E-state index is -3.46. The molecule has 0 atom stereocenters. The highest BCUT2D eigenvalue weighted by Crippen LogP contribution is 2.26. The summed E-state index contributed by atoms with van der Waals surface area (Å²) in [5.74, 6) is 0.455. The monoisotopic (exact) mass is 563 g/mol. The predicted octanol–water partition coefficient (Wildman–Crippen LogP) is 5.59. The summed E-state index contributed by atoms with van der Waals surface area (Å²) in [4.78, 5) is 5.72. The van der Waals surface area contributed by atoms with Gasteiger partial charge in [0, 0.05) is 18.5 Å². The van der Waals surface area contributed by atoms with Gasteiger partial charge in [-0.05, 0) is 66.9 Å². The molecule has 34 heavy (non-hydrogen) atoms. The normalized spacial score (nSPS) is 14.9. The van der Waals surface area contributed by atoms with Crippen molar-refractivity contribution in [2.24, 2.45) is 4.99 Å². The lowest BCUT2D eigenvalue weighted by atomic mass is 10.2. The van der Waals surface area contributed by atoms with Crippen molar-refractivity contribution < 1.29 is 17.2 Å². The van der Waals surface area contributed by atoms with Crippen LogP contribution in [0.1, 0.15) is 18.6 Å². The fourth-order valence-corrected chi connectivity index (χ4v) is 6.31. The van der Waals surface area contributed by atoms with Crippen LogP contribution in [0.25, 0.3) is 11.3 Å². The third-order valence-corrected chi connectivity index (χ3v) is 8.37. The highest BCUT2D eigenvalue weighted by atomic mass is 79.9. The van der Waals surface area contributed by atoms with E-state index in [1.807, 2.05) is 34.2 Å². The van der Waals surface area contributed by atoms with E-state index >= 15 is 0 Å². The quantitative estimate of drug-likeness (QED) is 0.307. The fourth-order valence-electron chi connectivity index (χ4n) is 3.86. The number of rotatable bonds is 6. The first-order valence-electron chi connectivity index (χ1n) is 10.6. The number of sulfonamides is 1. The first kappa shape index (κ1) is 24.6. The molecule has 1 aliphatic heterocycles. The molecule has 178 valence electrons. The molecule has 3 heterocycles. The number of benzene rings is 2. The summed E-state index contributed by atoms with van der Waals surface area (Å²) < 4.78 is 48.1. The summed E-state index contributed by atoms with van der Waals surface area (Å²) in [5, 5.41) is 1.98. The van der Waals surface area contributed by atoms with E-state index in [2.05, 4.69) is 4.99 Å². The van der Waals surface area contributed by atoms with E-state index in [-0.39, 0.29) is 22.8 Å². The van der Waals surface area contributed by atoms with Gasteiger partial charge in [-0.15, -0.1) is 28.3 Å². The van der Waals surface area contributed by atoms with Gasteiger partial charge in [0.2, 0.25) is 10.0 Å². The number of nitrogens with zero attached hydrogens (tertiary/aromatic N) is 3. The Morgan fingerprint density at radius 2 is 1.71 bits per heavy atom. The lowest BCUT2D eigenvalue weighted by Gasteiger charge is -2.15. The van der Waals surface area contributed by atoms with Crippen LogP contribution in [-0.4, -0.2) is 30.4 Å². The van der Waals surface area contributed by atoms with Gasteiger partial charge < -0.3 is 8.98 Å². The molecule has 0 unspecified atom stereocenters. The lowest BCUT2D eigenvalue weighted by molar-refractivity contribution is 0.477.